The van der Waals surface area contributed by atoms with Gasteiger partial charge in [-0.05, 0) is 31.4 Å². The van der Waals surface area contributed by atoms with Gasteiger partial charge in [-0.3, -0.25) is 0 Å². The molecule has 1 aliphatic carbocycles. The number of nitrogens with one attached hydrogen (secondary N) is 1. The van der Waals surface area contributed by atoms with Crippen molar-refractivity contribution in [2.24, 2.45) is 0 Å². The number of fused-ring (bicyclic) bond motifs is 1. The van der Waals surface area contributed by atoms with E-state index in [0.29, 0.717) is 0 Å². The van der Waals surface area contributed by atoms with Gasteiger partial charge in [-0.1, -0.05) is 0 Å². The van der Waals surface area contributed by atoms with Gasteiger partial charge < -0.3 is 10.1 Å². The van der Waals surface area contributed by atoms with E-state index >= 15 is 0 Å². The van der Waals surface area contributed by atoms with Crippen LogP contribution in [0.25, 0.3) is 0 Å². The molecule has 1 N–H and O–H groups in total. The smallest absolute Gasteiger partial charge is 0.169 e. The quantitative estimate of drug-likeness (QED) is 0.654. The summed E-state index contributed by atoms with van der Waals surface area (Å²) < 4.78 is 5.66. The summed E-state index contributed by atoms with van der Waals surface area (Å²) in [6, 6.07) is 3.86. The molecule has 1 aromatic heterocycles. The van der Waals surface area contributed by atoms with Gasteiger partial charge in [0.25, 0.3) is 0 Å². The summed E-state index contributed by atoms with van der Waals surface area (Å²) in [5, 5.41) is 3.47. The zero-order chi connectivity index (χ0) is 8.73. The van der Waals surface area contributed by atoms with Gasteiger partial charge in [0.1, 0.15) is 6.61 Å². The van der Waals surface area contributed by atoms with Crippen LogP contribution in [0.4, 0.5) is 5.82 Å². The maximum Gasteiger partial charge on any atom is 0.169 e. The number of ether oxygens (including phenoxy) is 1. The highest BCUT2D eigenvalue weighted by Crippen LogP contribution is 2.40. The highest BCUT2D eigenvalue weighted by molar-refractivity contribution is 5.54. The van der Waals surface area contributed by atoms with Crippen LogP contribution in [-0.2, 0) is 0 Å². The van der Waals surface area contributed by atoms with Crippen LogP contribution < -0.4 is 10.1 Å². The third-order valence-electron chi connectivity index (χ3n) is 2.97. The lowest BCUT2D eigenvalue weighted by Gasteiger charge is -2.45. The zero-order valence-electron chi connectivity index (χ0n) is 7.42. The number of aromatic nitrogens is 1. The zero-order valence-corrected chi connectivity index (χ0v) is 7.42. The standard InChI is InChI=1S/C10H12N2O/c1-3-8-9(11-6-1)12-10(7-13-8)4-2-5-10/h1,3,6H,2,4-5,7H2,(H,11,12). The first-order valence-corrected chi connectivity index (χ1v) is 4.74. The molecule has 0 amide bonds. The number of hydrogen-bond acceptors (Lipinski definition) is 3. The molecule has 3 rings (SSSR count). The van der Waals surface area contributed by atoms with Crippen molar-refractivity contribution < 1.29 is 4.74 Å². The minimum atomic E-state index is 0.210. The van der Waals surface area contributed by atoms with Gasteiger partial charge in [0.05, 0.1) is 5.54 Å². The van der Waals surface area contributed by atoms with E-state index in [-0.39, 0.29) is 5.54 Å². The molecule has 0 aromatic carbocycles. The van der Waals surface area contributed by atoms with Gasteiger partial charge in [-0.15, -0.1) is 0 Å². The molecule has 0 saturated heterocycles. The van der Waals surface area contributed by atoms with Crippen molar-refractivity contribution >= 4 is 5.82 Å². The Labute approximate surface area is 77.1 Å². The van der Waals surface area contributed by atoms with E-state index in [1.807, 2.05) is 12.1 Å². The van der Waals surface area contributed by atoms with Gasteiger partial charge in [-0.2, -0.15) is 0 Å². The Morgan fingerprint density at radius 1 is 1.46 bits per heavy atom. The second kappa shape index (κ2) is 2.37. The van der Waals surface area contributed by atoms with Crippen molar-refractivity contribution in [1.82, 2.24) is 4.98 Å². The van der Waals surface area contributed by atoms with E-state index in [1.165, 1.54) is 19.3 Å². The molecule has 0 bridgehead atoms. The van der Waals surface area contributed by atoms with Gasteiger partial charge in [0.2, 0.25) is 0 Å². The molecule has 0 atom stereocenters. The van der Waals surface area contributed by atoms with Crippen molar-refractivity contribution in [2.75, 3.05) is 11.9 Å². The van der Waals surface area contributed by atoms with Crippen LogP contribution in [0.1, 0.15) is 19.3 Å². The normalized spacial score (nSPS) is 22.5. The fourth-order valence-corrected chi connectivity index (χ4v) is 1.98. The molecule has 1 fully saturated rings. The van der Waals surface area contributed by atoms with Gasteiger partial charge in [0, 0.05) is 6.20 Å². The van der Waals surface area contributed by atoms with Crippen molar-refractivity contribution in [3.8, 4) is 5.75 Å². The molecule has 1 aromatic rings. The maximum absolute atomic E-state index is 5.66. The average Bonchev–Trinajstić information content (AvgIpc) is 2.15. The van der Waals surface area contributed by atoms with E-state index in [4.69, 9.17) is 4.74 Å². The van der Waals surface area contributed by atoms with Crippen molar-refractivity contribution in [3.05, 3.63) is 18.3 Å². The fourth-order valence-electron chi connectivity index (χ4n) is 1.98. The van der Waals surface area contributed by atoms with E-state index in [2.05, 4.69) is 10.3 Å². The van der Waals surface area contributed by atoms with Crippen LogP contribution in [0.5, 0.6) is 5.75 Å². The minimum absolute atomic E-state index is 0.210. The molecule has 1 aliphatic heterocycles. The lowest BCUT2D eigenvalue weighted by atomic mass is 9.77. The SMILES string of the molecule is c1cnc2c(c1)OCC1(CCC1)N2. The monoisotopic (exact) mass is 176 g/mol. The first-order chi connectivity index (χ1) is 6.38. The minimum Gasteiger partial charge on any atom is -0.487 e. The highest BCUT2D eigenvalue weighted by Gasteiger charge is 2.41. The Balaban J connectivity index is 1.94. The summed E-state index contributed by atoms with van der Waals surface area (Å²) in [6.07, 6.45) is 5.53. The molecule has 2 aliphatic rings. The Hall–Kier alpha value is -1.25. The second-order valence-electron chi connectivity index (χ2n) is 3.90. The van der Waals surface area contributed by atoms with Crippen molar-refractivity contribution in [3.63, 3.8) is 0 Å². The molecule has 13 heavy (non-hydrogen) atoms. The topological polar surface area (TPSA) is 34.1 Å². The van der Waals surface area contributed by atoms with Gasteiger partial charge >= 0.3 is 0 Å². The lowest BCUT2D eigenvalue weighted by molar-refractivity contribution is 0.147. The predicted molar refractivity (Wildman–Crippen MR) is 49.9 cm³/mol. The summed E-state index contributed by atoms with van der Waals surface area (Å²) >= 11 is 0. The van der Waals surface area contributed by atoms with E-state index in [1.54, 1.807) is 6.20 Å². The van der Waals surface area contributed by atoms with Crippen LogP contribution in [0.2, 0.25) is 0 Å². The number of rotatable bonds is 0. The molecule has 2 heterocycles. The van der Waals surface area contributed by atoms with E-state index in [0.717, 1.165) is 18.2 Å². The first kappa shape index (κ1) is 7.18. The Morgan fingerprint density at radius 3 is 3.15 bits per heavy atom. The Morgan fingerprint density at radius 2 is 2.38 bits per heavy atom. The molecular weight excluding hydrogens is 164 g/mol. The largest absolute Gasteiger partial charge is 0.487 e. The summed E-state index contributed by atoms with van der Waals surface area (Å²) in [5.41, 5.74) is 0.210. The number of nitrogens with zero attached hydrogens (tertiary/aromatic N) is 1. The summed E-state index contributed by atoms with van der Waals surface area (Å²) in [5.74, 6) is 1.80. The number of pyridine rings is 1. The number of hydrogen-bond donors (Lipinski definition) is 1. The molecule has 1 saturated carbocycles. The van der Waals surface area contributed by atoms with Crippen LogP contribution in [0.3, 0.4) is 0 Å². The number of anilines is 1. The molecule has 0 unspecified atom stereocenters. The molecule has 1 spiro atoms. The van der Waals surface area contributed by atoms with Crippen LogP contribution in [-0.4, -0.2) is 17.1 Å². The second-order valence-corrected chi connectivity index (χ2v) is 3.90. The van der Waals surface area contributed by atoms with Gasteiger partial charge in [-0.25, -0.2) is 4.98 Å². The third kappa shape index (κ3) is 0.996. The summed E-state index contributed by atoms with van der Waals surface area (Å²) in [4.78, 5) is 4.26. The lowest BCUT2D eigenvalue weighted by Crippen LogP contribution is -2.52. The summed E-state index contributed by atoms with van der Waals surface area (Å²) in [7, 11) is 0. The van der Waals surface area contributed by atoms with Crippen molar-refractivity contribution in [1.29, 1.82) is 0 Å². The third-order valence-corrected chi connectivity index (χ3v) is 2.97. The molecular formula is C10H12N2O. The molecule has 3 nitrogen and oxygen atoms in total. The van der Waals surface area contributed by atoms with E-state index in [9.17, 15) is 0 Å². The van der Waals surface area contributed by atoms with Crippen molar-refractivity contribution in [2.45, 2.75) is 24.8 Å². The van der Waals surface area contributed by atoms with Crippen LogP contribution in [0, 0.1) is 0 Å². The first-order valence-electron chi connectivity index (χ1n) is 4.74. The Kier molecular flexibility index (Phi) is 1.31. The van der Waals surface area contributed by atoms with Crippen LogP contribution >= 0.6 is 0 Å². The molecule has 3 heteroatoms. The highest BCUT2D eigenvalue weighted by atomic mass is 16.5. The fraction of sp³-hybridized carbons (Fsp3) is 0.500. The molecule has 68 valence electrons. The summed E-state index contributed by atoms with van der Waals surface area (Å²) in [6.45, 7) is 0.797. The maximum atomic E-state index is 5.66. The average molecular weight is 176 g/mol. The molecule has 0 radical (unpaired) electrons. The Bertz CT molecular complexity index is 333. The predicted octanol–water partition coefficient (Wildman–Crippen LogP) is 1.81. The van der Waals surface area contributed by atoms with Gasteiger partial charge in [0.15, 0.2) is 11.6 Å². The van der Waals surface area contributed by atoms with Crippen LogP contribution in [0.15, 0.2) is 18.3 Å². The van der Waals surface area contributed by atoms with E-state index < -0.39 is 0 Å².